The lowest BCUT2D eigenvalue weighted by Crippen LogP contribution is -1.89. The van der Waals surface area contributed by atoms with Gasteiger partial charge in [0.25, 0.3) is 0 Å². The average Bonchev–Trinajstić information content (AvgIpc) is 2.27. The Morgan fingerprint density at radius 2 is 2.07 bits per heavy atom. The first-order valence-electron chi connectivity index (χ1n) is 5.00. The van der Waals surface area contributed by atoms with Crippen molar-refractivity contribution in [3.05, 3.63) is 41.7 Å². The Kier molecular flexibility index (Phi) is 2.39. The highest BCUT2D eigenvalue weighted by Crippen LogP contribution is 2.22. The highest BCUT2D eigenvalue weighted by Gasteiger charge is 2.03. The van der Waals surface area contributed by atoms with Crippen LogP contribution < -0.4 is 0 Å². The maximum atomic E-state index is 8.92. The van der Waals surface area contributed by atoms with E-state index in [1.165, 1.54) is 5.56 Å². The number of rotatable bonds is 1. The zero-order valence-electron chi connectivity index (χ0n) is 8.86. The minimum absolute atomic E-state index is 0.500. The predicted octanol–water partition coefficient (Wildman–Crippen LogP) is 3.23. The smallest absolute Gasteiger partial charge is 0.101 e. The summed E-state index contributed by atoms with van der Waals surface area (Å²) in [6, 6.07) is 8.34. The van der Waals surface area contributed by atoms with Gasteiger partial charge in [0.1, 0.15) is 6.07 Å². The molecule has 1 heterocycles. The molecule has 0 bridgehead atoms. The van der Waals surface area contributed by atoms with Crippen LogP contribution in [-0.4, -0.2) is 4.98 Å². The molecule has 2 rings (SSSR count). The van der Waals surface area contributed by atoms with Crippen LogP contribution in [0.2, 0.25) is 0 Å². The van der Waals surface area contributed by atoms with E-state index in [9.17, 15) is 0 Å². The fraction of sp³-hybridized carbons (Fsp3) is 0.231. The van der Waals surface area contributed by atoms with Gasteiger partial charge in [0.15, 0.2) is 0 Å². The molecule has 15 heavy (non-hydrogen) atoms. The van der Waals surface area contributed by atoms with Gasteiger partial charge in [-0.2, -0.15) is 5.26 Å². The van der Waals surface area contributed by atoms with Crippen molar-refractivity contribution in [3.63, 3.8) is 0 Å². The van der Waals surface area contributed by atoms with Crippen LogP contribution in [-0.2, 0) is 0 Å². The van der Waals surface area contributed by atoms with Crippen molar-refractivity contribution in [2.75, 3.05) is 0 Å². The number of hydrogen-bond acceptors (Lipinski definition) is 2. The van der Waals surface area contributed by atoms with Crippen LogP contribution >= 0.6 is 0 Å². The summed E-state index contributed by atoms with van der Waals surface area (Å²) in [6.45, 7) is 4.31. The summed E-state index contributed by atoms with van der Waals surface area (Å²) < 4.78 is 0. The normalized spacial score (nSPS) is 10.5. The Balaban J connectivity index is 2.70. The first-order valence-corrected chi connectivity index (χ1v) is 5.00. The van der Waals surface area contributed by atoms with E-state index in [4.69, 9.17) is 5.26 Å². The van der Waals surface area contributed by atoms with E-state index in [0.717, 1.165) is 10.8 Å². The molecule has 0 saturated heterocycles. The van der Waals surface area contributed by atoms with E-state index in [-0.39, 0.29) is 0 Å². The average molecular weight is 196 g/mol. The van der Waals surface area contributed by atoms with Crippen molar-refractivity contribution in [1.82, 2.24) is 4.98 Å². The second-order valence-corrected chi connectivity index (χ2v) is 3.93. The Hall–Kier alpha value is -1.88. The lowest BCUT2D eigenvalue weighted by atomic mass is 9.99. The third-order valence-corrected chi connectivity index (χ3v) is 2.57. The highest BCUT2D eigenvalue weighted by molar-refractivity contribution is 5.87. The van der Waals surface area contributed by atoms with Crippen LogP contribution in [0.4, 0.5) is 0 Å². The molecule has 0 N–H and O–H groups in total. The summed E-state index contributed by atoms with van der Waals surface area (Å²) in [6.07, 6.45) is 3.42. The molecule has 2 aromatic rings. The molecule has 0 radical (unpaired) electrons. The van der Waals surface area contributed by atoms with Crippen molar-refractivity contribution in [1.29, 1.82) is 5.26 Å². The Morgan fingerprint density at radius 1 is 1.27 bits per heavy atom. The molecule has 2 heteroatoms. The van der Waals surface area contributed by atoms with E-state index < -0.39 is 0 Å². The molecular weight excluding hydrogens is 184 g/mol. The topological polar surface area (TPSA) is 36.7 Å². The molecule has 1 aromatic heterocycles. The summed E-state index contributed by atoms with van der Waals surface area (Å²) in [5.74, 6) is 0.500. The SMILES string of the molecule is CC(C)c1ccc2c(C#N)cncc2c1. The van der Waals surface area contributed by atoms with Gasteiger partial charge in [0.05, 0.1) is 5.56 Å². The van der Waals surface area contributed by atoms with Crippen molar-refractivity contribution >= 4 is 10.8 Å². The Bertz CT molecular complexity index is 536. The van der Waals surface area contributed by atoms with Crippen molar-refractivity contribution < 1.29 is 0 Å². The van der Waals surface area contributed by atoms with E-state index in [0.29, 0.717) is 11.5 Å². The lowest BCUT2D eigenvalue weighted by Gasteiger charge is -2.06. The van der Waals surface area contributed by atoms with E-state index in [1.807, 2.05) is 12.3 Å². The van der Waals surface area contributed by atoms with Crippen LogP contribution in [0.25, 0.3) is 10.8 Å². The number of nitrogens with zero attached hydrogens (tertiary/aromatic N) is 2. The Labute approximate surface area is 89.2 Å². The van der Waals surface area contributed by atoms with Gasteiger partial charge in [-0.1, -0.05) is 26.0 Å². The van der Waals surface area contributed by atoms with Crippen molar-refractivity contribution in [2.24, 2.45) is 0 Å². The van der Waals surface area contributed by atoms with Crippen LogP contribution in [0.3, 0.4) is 0 Å². The van der Waals surface area contributed by atoms with Crippen LogP contribution in [0.5, 0.6) is 0 Å². The molecule has 74 valence electrons. The second kappa shape index (κ2) is 3.70. The number of hydrogen-bond donors (Lipinski definition) is 0. The van der Waals surface area contributed by atoms with Crippen LogP contribution in [0, 0.1) is 11.3 Å². The van der Waals surface area contributed by atoms with Crippen LogP contribution in [0.1, 0.15) is 30.9 Å². The van der Waals surface area contributed by atoms with E-state index in [1.54, 1.807) is 6.20 Å². The summed E-state index contributed by atoms with van der Waals surface area (Å²) >= 11 is 0. The van der Waals surface area contributed by atoms with Gasteiger partial charge in [-0.3, -0.25) is 4.98 Å². The number of nitriles is 1. The Morgan fingerprint density at radius 3 is 2.73 bits per heavy atom. The molecule has 0 atom stereocenters. The van der Waals surface area contributed by atoms with Gasteiger partial charge in [-0.25, -0.2) is 0 Å². The van der Waals surface area contributed by atoms with Crippen molar-refractivity contribution in [3.8, 4) is 6.07 Å². The quantitative estimate of drug-likeness (QED) is 0.702. The molecule has 0 aliphatic heterocycles. The minimum Gasteiger partial charge on any atom is -0.263 e. The highest BCUT2D eigenvalue weighted by atomic mass is 14.6. The van der Waals surface area contributed by atoms with Gasteiger partial charge in [-0.05, 0) is 17.5 Å². The summed E-state index contributed by atoms with van der Waals surface area (Å²) in [5.41, 5.74) is 1.92. The number of fused-ring (bicyclic) bond motifs is 1. The zero-order chi connectivity index (χ0) is 10.8. The fourth-order valence-corrected chi connectivity index (χ4v) is 1.64. The standard InChI is InChI=1S/C13H12N2/c1-9(2)10-3-4-13-11(5-10)7-15-8-12(13)6-14/h3-5,7-9H,1-2H3. The number of benzene rings is 1. The largest absolute Gasteiger partial charge is 0.263 e. The lowest BCUT2D eigenvalue weighted by molar-refractivity contribution is 0.868. The molecule has 0 spiro atoms. The van der Waals surface area contributed by atoms with Crippen LogP contribution in [0.15, 0.2) is 30.6 Å². The zero-order valence-corrected chi connectivity index (χ0v) is 8.86. The second-order valence-electron chi connectivity index (χ2n) is 3.93. The molecular formula is C13H12N2. The van der Waals surface area contributed by atoms with Gasteiger partial charge in [-0.15, -0.1) is 0 Å². The number of pyridine rings is 1. The van der Waals surface area contributed by atoms with Gasteiger partial charge in [0.2, 0.25) is 0 Å². The van der Waals surface area contributed by atoms with Gasteiger partial charge >= 0.3 is 0 Å². The molecule has 2 nitrogen and oxygen atoms in total. The molecule has 0 unspecified atom stereocenters. The number of aromatic nitrogens is 1. The molecule has 0 amide bonds. The summed E-state index contributed by atoms with van der Waals surface area (Å²) in [5, 5.41) is 10.9. The first-order chi connectivity index (χ1) is 7.22. The van der Waals surface area contributed by atoms with Crippen molar-refractivity contribution in [2.45, 2.75) is 19.8 Å². The van der Waals surface area contributed by atoms with Gasteiger partial charge in [0, 0.05) is 23.2 Å². The predicted molar refractivity (Wildman–Crippen MR) is 60.5 cm³/mol. The fourth-order valence-electron chi connectivity index (χ4n) is 1.64. The minimum atomic E-state index is 0.500. The molecule has 0 aliphatic rings. The maximum absolute atomic E-state index is 8.92. The molecule has 1 aromatic carbocycles. The summed E-state index contributed by atoms with van der Waals surface area (Å²) in [4.78, 5) is 4.06. The molecule has 0 fully saturated rings. The monoisotopic (exact) mass is 196 g/mol. The molecule has 0 saturated carbocycles. The third kappa shape index (κ3) is 1.69. The third-order valence-electron chi connectivity index (χ3n) is 2.57. The van der Waals surface area contributed by atoms with E-state index >= 15 is 0 Å². The first kappa shape index (κ1) is 9.67. The maximum Gasteiger partial charge on any atom is 0.101 e. The molecule has 0 aliphatic carbocycles. The summed E-state index contributed by atoms with van der Waals surface area (Å²) in [7, 11) is 0. The van der Waals surface area contributed by atoms with Gasteiger partial charge < -0.3 is 0 Å². The van der Waals surface area contributed by atoms with E-state index in [2.05, 4.69) is 37.0 Å².